The monoisotopic (exact) mass is 1950 g/mol. The number of carboxylic acids is 4. The van der Waals surface area contributed by atoms with Gasteiger partial charge in [-0.05, 0) is 107 Å². The molecule has 0 aliphatic carbocycles. The maximum absolute atomic E-state index is 12.8. The SMILES string of the molecule is Cc1nnc(-c2ccc(NC(=O)CCCC(=O)NCCOCCN)cn2)nn1.Cc1nnc(-c2ccc(NC(=O)CCCC(=O)NCCOCCNC(=O)CC(C)(C)C)cn2)nn1.Cc1nnc(-c2ccc(NC(=O)CCCC(=O)NCCOCCNC(=O)CN3CCN(CC(=O)O)CCN(CC(=O)O)CCN(CC(=O)O)CC3)cn2)nn1.Cc1nnc(-c2ccc(NC(=O)CCCC(=O)O)cn2)nn1. The molecule has 0 atom stereocenters. The van der Waals surface area contributed by atoms with Gasteiger partial charge in [0, 0.05) is 149 Å². The van der Waals surface area contributed by atoms with Gasteiger partial charge in [-0.3, -0.25) is 102 Å². The second-order valence-electron chi connectivity index (χ2n) is 32.2. The second kappa shape index (κ2) is 64.3. The van der Waals surface area contributed by atoms with E-state index in [0.29, 0.717) is 197 Å². The molecule has 756 valence electrons. The van der Waals surface area contributed by atoms with E-state index in [2.05, 4.69) is 149 Å². The van der Waals surface area contributed by atoms with Gasteiger partial charge < -0.3 is 88.2 Å². The predicted molar refractivity (Wildman–Crippen MR) is 499 cm³/mol. The van der Waals surface area contributed by atoms with E-state index in [-0.39, 0.29) is 194 Å². The first-order valence-electron chi connectivity index (χ1n) is 44.9. The highest BCUT2D eigenvalue weighted by Crippen LogP contribution is 2.21. The number of carbonyl (C=O) groups is 13. The van der Waals surface area contributed by atoms with Crippen LogP contribution in [0, 0.1) is 33.1 Å². The van der Waals surface area contributed by atoms with Crippen LogP contribution in [-0.2, 0) is 76.5 Å². The van der Waals surface area contributed by atoms with E-state index < -0.39 is 23.9 Å². The van der Waals surface area contributed by atoms with Gasteiger partial charge in [0.15, 0.2) is 23.3 Å². The molecule has 140 heavy (non-hydrogen) atoms. The Labute approximate surface area is 805 Å². The number of anilines is 4. The number of carboxylic acid groups (broad SMARTS) is 4. The van der Waals surface area contributed by atoms with Crippen molar-refractivity contribution in [1.82, 2.24) is 148 Å². The number of amides is 9. The molecular weight excluding hydrogens is 1830 g/mol. The van der Waals surface area contributed by atoms with Crippen LogP contribution in [0.5, 0.6) is 0 Å². The number of nitrogens with one attached hydrogen (secondary N) is 9. The Kier molecular flexibility index (Phi) is 52.3. The van der Waals surface area contributed by atoms with Crippen molar-refractivity contribution in [3.05, 3.63) is 96.6 Å². The quantitative estimate of drug-likeness (QED) is 0.0215. The lowest BCUT2D eigenvalue weighted by Crippen LogP contribution is -2.50. The van der Waals surface area contributed by atoms with Crippen molar-refractivity contribution in [2.24, 2.45) is 11.1 Å². The standard InChI is InChI=1S/C33H50N12O10.C23H34N8O4.C17H24N8O3.C13H14N6O3/c1-24-38-40-33(41-39-24)26-6-5-25(19-36-26)37-28(47)4-2-3-27(46)34-7-17-55-18-8-35-29(48)20-42-9-11-43(21-30(49)50)13-15-45(23-32(53)54)16-14-44(12-10-42)22-31(51)52;1-16-28-30-22(31-29-16)18-9-8-17(15-26-18)27-20(33)7-5-6-19(32)24-10-12-35-13-11-25-21(34)14-23(2,3)4;1-12-22-24-17(25-23-12)14-6-5-13(11-20-14)21-16(27)4-2-3-15(26)19-8-10-28-9-7-18;1-8-16-18-13(19-17-8)10-6-5-9(7-14-10)15-11(20)3-2-4-12(21)22/h5-6,19H,2-4,7-18,20-23H2,1H3,(H,34,46)(H,35,48)(H,37,47)(H,49,50)(H,51,52)(H,53,54);8-9,15H,5-7,10-14H2,1-4H3,(H,24,32)(H,25,34)(H,27,33);5-6,11H,2-4,7-10,18H2,1H3,(H,19,26)(H,21,27);5-7H,2-4H2,1H3,(H,15,20)(H,21,22). The molecule has 8 aromatic rings. The third-order valence-corrected chi connectivity index (χ3v) is 18.8. The Balaban J connectivity index is 0.000000304. The molecule has 9 amide bonds. The lowest BCUT2D eigenvalue weighted by Gasteiger charge is -2.32. The minimum Gasteiger partial charge on any atom is -0.481 e. The van der Waals surface area contributed by atoms with Crippen LogP contribution in [0.25, 0.3) is 46.1 Å². The summed E-state index contributed by atoms with van der Waals surface area (Å²) < 4.78 is 16.1. The van der Waals surface area contributed by atoms with Crippen LogP contribution < -0.4 is 53.6 Å². The number of aryl methyl sites for hydroxylation is 4. The Morgan fingerprint density at radius 2 is 0.529 bits per heavy atom. The number of pyridine rings is 4. The molecule has 0 bridgehead atoms. The van der Waals surface area contributed by atoms with Crippen molar-refractivity contribution >= 4 is 99.8 Å². The highest BCUT2D eigenvalue weighted by molar-refractivity contribution is 5.93. The first kappa shape index (κ1) is 114. The van der Waals surface area contributed by atoms with Gasteiger partial charge >= 0.3 is 23.9 Å². The highest BCUT2D eigenvalue weighted by Gasteiger charge is 2.24. The number of nitrogens with zero attached hydrogens (tertiary/aromatic N) is 24. The Morgan fingerprint density at radius 1 is 0.300 bits per heavy atom. The topological polar surface area (TPSA) is 736 Å². The molecule has 9 rings (SSSR count). The van der Waals surface area contributed by atoms with Crippen molar-refractivity contribution in [3.8, 4) is 46.1 Å². The van der Waals surface area contributed by atoms with Gasteiger partial charge in [0.05, 0.1) is 113 Å². The van der Waals surface area contributed by atoms with Gasteiger partial charge in [-0.2, -0.15) is 0 Å². The van der Waals surface area contributed by atoms with Crippen molar-refractivity contribution in [3.63, 3.8) is 0 Å². The summed E-state index contributed by atoms with van der Waals surface area (Å²) in [5.74, 6) is -2.72. The number of hydrogen-bond donors (Lipinski definition) is 14. The predicted octanol–water partition coefficient (Wildman–Crippen LogP) is -0.431. The van der Waals surface area contributed by atoms with E-state index in [1.54, 1.807) is 90.9 Å². The van der Waals surface area contributed by atoms with Crippen molar-refractivity contribution in [2.75, 3.05) is 179 Å². The molecule has 0 radical (unpaired) electrons. The summed E-state index contributed by atoms with van der Waals surface area (Å²) >= 11 is 0. The molecule has 0 unspecified atom stereocenters. The number of aliphatic carboxylic acids is 4. The van der Waals surface area contributed by atoms with E-state index in [9.17, 15) is 77.6 Å². The molecule has 54 heteroatoms. The van der Waals surface area contributed by atoms with Crippen LogP contribution in [0.1, 0.15) is 128 Å². The Bertz CT molecular complexity index is 5130. The van der Waals surface area contributed by atoms with E-state index in [4.69, 9.17) is 25.1 Å². The Morgan fingerprint density at radius 3 is 0.757 bits per heavy atom. The third-order valence-electron chi connectivity index (χ3n) is 18.8. The molecule has 0 saturated carbocycles. The summed E-state index contributed by atoms with van der Waals surface area (Å²) in [6.07, 6.45) is 9.21. The smallest absolute Gasteiger partial charge is 0.317 e. The van der Waals surface area contributed by atoms with Crippen LogP contribution in [-0.4, -0.2) is 376 Å². The van der Waals surface area contributed by atoms with Gasteiger partial charge in [-0.15, -0.1) is 81.6 Å². The molecule has 1 saturated heterocycles. The van der Waals surface area contributed by atoms with E-state index in [1.807, 2.05) is 25.7 Å². The van der Waals surface area contributed by atoms with E-state index in [1.165, 1.54) is 24.8 Å². The second-order valence-corrected chi connectivity index (χ2v) is 32.2. The van der Waals surface area contributed by atoms with Crippen LogP contribution in [0.15, 0.2) is 73.3 Å². The maximum atomic E-state index is 12.8. The molecule has 8 aromatic heterocycles. The summed E-state index contributed by atoms with van der Waals surface area (Å²) in [5.41, 5.74) is 9.26. The number of aromatic nitrogens is 20. The zero-order valence-corrected chi connectivity index (χ0v) is 79.2. The molecule has 0 spiro atoms. The molecule has 54 nitrogen and oxygen atoms in total. The lowest BCUT2D eigenvalue weighted by molar-refractivity contribution is -0.140. The van der Waals surface area contributed by atoms with Gasteiger partial charge in [-0.25, -0.2) is 0 Å². The lowest BCUT2D eigenvalue weighted by atomic mass is 9.92. The summed E-state index contributed by atoms with van der Waals surface area (Å²) in [4.78, 5) is 176. The summed E-state index contributed by atoms with van der Waals surface area (Å²) in [5, 5.41) is 123. The minimum absolute atomic E-state index is 0.00123. The van der Waals surface area contributed by atoms with Crippen LogP contribution in [0.3, 0.4) is 0 Å². The molecular formula is C86H122N34O20. The Hall–Kier alpha value is -14.8. The van der Waals surface area contributed by atoms with Crippen molar-refractivity contribution in [1.29, 1.82) is 0 Å². The molecule has 9 heterocycles. The van der Waals surface area contributed by atoms with Crippen LogP contribution in [0.2, 0.25) is 0 Å². The zero-order chi connectivity index (χ0) is 102. The summed E-state index contributed by atoms with van der Waals surface area (Å²) in [7, 11) is 0. The normalized spacial score (nSPS) is 12.5. The van der Waals surface area contributed by atoms with Gasteiger partial charge in [0.1, 0.15) is 22.8 Å². The summed E-state index contributed by atoms with van der Waals surface area (Å²) in [6.45, 7) is 18.5. The summed E-state index contributed by atoms with van der Waals surface area (Å²) in [6, 6.07) is 13.3. The minimum atomic E-state index is -1.03. The molecule has 1 aliphatic heterocycles. The molecule has 1 aliphatic rings. The van der Waals surface area contributed by atoms with E-state index in [0.717, 1.165) is 0 Å². The van der Waals surface area contributed by atoms with Crippen molar-refractivity contribution < 1.29 is 97.0 Å². The van der Waals surface area contributed by atoms with Gasteiger partial charge in [0.2, 0.25) is 76.5 Å². The first-order chi connectivity index (χ1) is 67.1. The number of carbonyl (C=O) groups excluding carboxylic acids is 9. The van der Waals surface area contributed by atoms with Crippen LogP contribution >= 0.6 is 0 Å². The van der Waals surface area contributed by atoms with Gasteiger partial charge in [0.25, 0.3) is 0 Å². The molecule has 1 fully saturated rings. The average molecular weight is 1950 g/mol. The van der Waals surface area contributed by atoms with Gasteiger partial charge in [-0.1, -0.05) is 20.8 Å². The average Bonchev–Trinajstić information content (AvgIpc) is 0.863. The molecule has 15 N–H and O–H groups in total. The number of nitrogens with two attached hydrogens (primary N) is 1. The fourth-order valence-electron chi connectivity index (χ4n) is 12.0. The van der Waals surface area contributed by atoms with E-state index >= 15 is 0 Å². The zero-order valence-electron chi connectivity index (χ0n) is 79.2. The highest BCUT2D eigenvalue weighted by atomic mass is 16.5. The number of ether oxygens (including phenoxy) is 3. The first-order valence-corrected chi connectivity index (χ1v) is 44.9. The number of hydrogen-bond acceptors (Lipinski definition) is 41. The largest absolute Gasteiger partial charge is 0.481 e. The fourth-order valence-corrected chi connectivity index (χ4v) is 12.0. The van der Waals surface area contributed by atoms with Crippen molar-refractivity contribution in [2.45, 2.75) is 132 Å². The maximum Gasteiger partial charge on any atom is 0.317 e. The third kappa shape index (κ3) is 51.4. The molecule has 0 aromatic carbocycles. The fraction of sp³-hybridized carbons (Fsp3) is 0.523. The van der Waals surface area contributed by atoms with Crippen LogP contribution in [0.4, 0.5) is 22.7 Å². The number of rotatable bonds is 50.